The Balaban J connectivity index is 0.964. The van der Waals surface area contributed by atoms with Crippen LogP contribution in [-0.4, -0.2) is 70.7 Å². The summed E-state index contributed by atoms with van der Waals surface area (Å²) in [5.74, 6) is 2.87. The maximum Gasteiger partial charge on any atom is 0.228 e. The second-order valence-electron chi connectivity index (χ2n) is 9.92. The lowest BCUT2D eigenvalue weighted by atomic mass is 9.81. The topological polar surface area (TPSA) is 59.9 Å². The molecule has 2 saturated carbocycles. The molecule has 166 valence electrons. The van der Waals surface area contributed by atoms with E-state index in [1.807, 2.05) is 4.90 Å². The van der Waals surface area contributed by atoms with Gasteiger partial charge in [0.15, 0.2) is 0 Å². The molecule has 6 rings (SSSR count). The third-order valence-electron chi connectivity index (χ3n) is 8.37. The standard InChI is InChI=1S/C24H32N4O2S/c29-23-20-16-7-8-17(15-16)21(20)24(30)28(23)10-4-3-9-26-11-13-27(14-12-26)22-18-5-1-2-6-19(18)31-25-22/h1-2,5-6,16-17,20-21,23,29H,3-4,7-15H2/t16-,17+,20+,21-,23?/m1/s1. The van der Waals surface area contributed by atoms with E-state index >= 15 is 0 Å². The second-order valence-corrected chi connectivity index (χ2v) is 10.7. The first-order chi connectivity index (χ1) is 15.2. The van der Waals surface area contributed by atoms with Gasteiger partial charge in [-0.25, -0.2) is 0 Å². The first-order valence-corrected chi connectivity index (χ1v) is 12.8. The number of aliphatic hydroxyl groups is 1. The predicted octanol–water partition coefficient (Wildman–Crippen LogP) is 3.02. The Kier molecular flexibility index (Phi) is 5.16. The molecule has 2 bridgehead atoms. The van der Waals surface area contributed by atoms with Crippen LogP contribution >= 0.6 is 11.5 Å². The van der Waals surface area contributed by atoms with Crippen LogP contribution in [0.15, 0.2) is 24.3 Å². The van der Waals surface area contributed by atoms with E-state index in [0.29, 0.717) is 11.8 Å². The van der Waals surface area contributed by atoms with Gasteiger partial charge in [-0.05, 0) is 74.1 Å². The van der Waals surface area contributed by atoms with Crippen LogP contribution < -0.4 is 4.90 Å². The number of unbranched alkanes of at least 4 members (excludes halogenated alkanes) is 1. The van der Waals surface area contributed by atoms with Gasteiger partial charge in [0, 0.05) is 49.9 Å². The van der Waals surface area contributed by atoms with Crippen LogP contribution in [0.3, 0.4) is 0 Å². The number of amides is 1. The summed E-state index contributed by atoms with van der Waals surface area (Å²) in [6, 6.07) is 8.49. The summed E-state index contributed by atoms with van der Waals surface area (Å²) < 4.78 is 5.96. The maximum absolute atomic E-state index is 12.9. The molecule has 1 unspecified atom stereocenters. The van der Waals surface area contributed by atoms with Gasteiger partial charge in [-0.15, -0.1) is 0 Å². The van der Waals surface area contributed by atoms with Gasteiger partial charge >= 0.3 is 0 Å². The summed E-state index contributed by atoms with van der Waals surface area (Å²) in [7, 11) is 0. The quantitative estimate of drug-likeness (QED) is 0.700. The molecule has 1 amide bonds. The number of benzene rings is 1. The molecule has 2 aliphatic heterocycles. The van der Waals surface area contributed by atoms with Crippen LogP contribution in [0.5, 0.6) is 0 Å². The van der Waals surface area contributed by atoms with E-state index in [1.54, 1.807) is 11.5 Å². The Morgan fingerprint density at radius 3 is 2.65 bits per heavy atom. The van der Waals surface area contributed by atoms with E-state index in [0.717, 1.165) is 57.9 Å². The summed E-state index contributed by atoms with van der Waals surface area (Å²) >= 11 is 1.59. The monoisotopic (exact) mass is 440 g/mol. The number of nitrogens with zero attached hydrogens (tertiary/aromatic N) is 4. The van der Waals surface area contributed by atoms with Crippen molar-refractivity contribution < 1.29 is 9.90 Å². The molecule has 2 aromatic rings. The molecule has 31 heavy (non-hydrogen) atoms. The number of likely N-dealkylation sites (tertiary alicyclic amines) is 1. The molecule has 5 atom stereocenters. The van der Waals surface area contributed by atoms with Crippen molar-refractivity contribution in [2.24, 2.45) is 23.7 Å². The van der Waals surface area contributed by atoms with Gasteiger partial charge in [0.1, 0.15) is 12.0 Å². The third kappa shape index (κ3) is 3.36. The van der Waals surface area contributed by atoms with Crippen LogP contribution in [0.1, 0.15) is 32.1 Å². The fraction of sp³-hybridized carbons (Fsp3) is 0.667. The lowest BCUT2D eigenvalue weighted by Gasteiger charge is -2.35. The van der Waals surface area contributed by atoms with E-state index in [4.69, 9.17) is 4.37 Å². The number of anilines is 1. The summed E-state index contributed by atoms with van der Waals surface area (Å²) in [5, 5.41) is 12.0. The average molecular weight is 441 g/mol. The number of hydrogen-bond donors (Lipinski definition) is 1. The lowest BCUT2D eigenvalue weighted by molar-refractivity contribution is -0.136. The first-order valence-electron chi connectivity index (χ1n) is 12.0. The number of fused-ring (bicyclic) bond motifs is 6. The van der Waals surface area contributed by atoms with Gasteiger partial charge in [-0.1, -0.05) is 12.1 Å². The molecule has 7 heteroatoms. The minimum atomic E-state index is -0.524. The van der Waals surface area contributed by atoms with Gasteiger partial charge in [0.25, 0.3) is 0 Å². The molecule has 1 aromatic carbocycles. The van der Waals surface area contributed by atoms with Crippen molar-refractivity contribution in [2.45, 2.75) is 38.3 Å². The van der Waals surface area contributed by atoms with Crippen molar-refractivity contribution in [3.8, 4) is 0 Å². The van der Waals surface area contributed by atoms with Crippen molar-refractivity contribution in [1.82, 2.24) is 14.2 Å². The molecule has 4 fully saturated rings. The van der Waals surface area contributed by atoms with Crippen LogP contribution in [0, 0.1) is 23.7 Å². The summed E-state index contributed by atoms with van der Waals surface area (Å²) in [6.07, 6.45) is 5.12. The Bertz CT molecular complexity index is 956. The molecule has 4 aliphatic rings. The number of carbonyl (C=O) groups excluding carboxylic acids is 1. The number of aliphatic hydroxyl groups excluding tert-OH is 1. The number of aromatic nitrogens is 1. The molecule has 6 nitrogen and oxygen atoms in total. The molecule has 1 aromatic heterocycles. The molecule has 0 radical (unpaired) electrons. The lowest BCUT2D eigenvalue weighted by Crippen LogP contribution is -2.47. The van der Waals surface area contributed by atoms with Crippen LogP contribution in [-0.2, 0) is 4.79 Å². The molecule has 2 aliphatic carbocycles. The van der Waals surface area contributed by atoms with Crippen LogP contribution in [0.2, 0.25) is 0 Å². The number of piperazine rings is 1. The molecule has 3 heterocycles. The van der Waals surface area contributed by atoms with Crippen molar-refractivity contribution >= 4 is 33.3 Å². The van der Waals surface area contributed by atoms with Gasteiger partial charge in [0.05, 0.1) is 4.70 Å². The third-order valence-corrected chi connectivity index (χ3v) is 9.18. The highest BCUT2D eigenvalue weighted by molar-refractivity contribution is 7.13. The fourth-order valence-electron chi connectivity index (χ4n) is 6.80. The van der Waals surface area contributed by atoms with E-state index in [2.05, 4.69) is 34.1 Å². The van der Waals surface area contributed by atoms with E-state index < -0.39 is 6.23 Å². The van der Waals surface area contributed by atoms with Gasteiger partial charge in [-0.3, -0.25) is 9.69 Å². The smallest absolute Gasteiger partial charge is 0.228 e. The highest BCUT2D eigenvalue weighted by Crippen LogP contribution is 2.57. The largest absolute Gasteiger partial charge is 0.373 e. The molecular formula is C24H32N4O2S. The highest BCUT2D eigenvalue weighted by Gasteiger charge is 2.60. The Morgan fingerprint density at radius 1 is 1.03 bits per heavy atom. The minimum absolute atomic E-state index is 0.128. The minimum Gasteiger partial charge on any atom is -0.373 e. The SMILES string of the molecule is O=C1[C@@H]2[C@H]3CC[C@H](C3)[C@@H]2C(O)N1CCCCN1CCN(c2nsc3ccccc23)CC1. The number of carbonyl (C=O) groups is 1. The van der Waals surface area contributed by atoms with Gasteiger partial charge < -0.3 is 14.9 Å². The first kappa shape index (κ1) is 19.9. The molecule has 2 saturated heterocycles. The normalized spacial score (nSPS) is 33.1. The number of rotatable bonds is 6. The van der Waals surface area contributed by atoms with Crippen molar-refractivity contribution in [2.75, 3.05) is 44.2 Å². The highest BCUT2D eigenvalue weighted by atomic mass is 32.1. The molecule has 1 N–H and O–H groups in total. The zero-order valence-corrected chi connectivity index (χ0v) is 18.8. The predicted molar refractivity (Wildman–Crippen MR) is 123 cm³/mol. The van der Waals surface area contributed by atoms with Crippen molar-refractivity contribution in [3.63, 3.8) is 0 Å². The molecule has 0 spiro atoms. The zero-order valence-electron chi connectivity index (χ0n) is 18.0. The fourth-order valence-corrected chi connectivity index (χ4v) is 7.60. The van der Waals surface area contributed by atoms with Gasteiger partial charge in [-0.2, -0.15) is 4.37 Å². The van der Waals surface area contributed by atoms with Crippen LogP contribution in [0.4, 0.5) is 5.82 Å². The summed E-state index contributed by atoms with van der Waals surface area (Å²) in [5.41, 5.74) is 0. The zero-order chi connectivity index (χ0) is 20.9. The Hall–Kier alpha value is -1.70. The maximum atomic E-state index is 12.9. The Morgan fingerprint density at radius 2 is 1.81 bits per heavy atom. The summed E-state index contributed by atoms with van der Waals surface area (Å²) in [4.78, 5) is 19.6. The van der Waals surface area contributed by atoms with E-state index in [9.17, 15) is 9.90 Å². The second kappa shape index (κ2) is 8.01. The van der Waals surface area contributed by atoms with Crippen molar-refractivity contribution in [3.05, 3.63) is 24.3 Å². The van der Waals surface area contributed by atoms with E-state index in [1.165, 1.54) is 29.3 Å². The van der Waals surface area contributed by atoms with E-state index in [-0.39, 0.29) is 17.7 Å². The summed E-state index contributed by atoms with van der Waals surface area (Å²) in [6.45, 7) is 5.95. The average Bonchev–Trinajstić information content (AvgIpc) is 3.56. The Labute approximate surface area is 188 Å². The van der Waals surface area contributed by atoms with Gasteiger partial charge in [0.2, 0.25) is 5.91 Å². The van der Waals surface area contributed by atoms with Crippen LogP contribution in [0.25, 0.3) is 10.1 Å². The van der Waals surface area contributed by atoms with Crippen molar-refractivity contribution in [1.29, 1.82) is 0 Å². The molecular weight excluding hydrogens is 408 g/mol. The number of hydrogen-bond acceptors (Lipinski definition) is 6.